The van der Waals surface area contributed by atoms with Gasteiger partial charge in [0.2, 0.25) is 11.8 Å². The van der Waals surface area contributed by atoms with Crippen molar-refractivity contribution in [3.8, 4) is 5.88 Å². The van der Waals surface area contributed by atoms with Crippen molar-refractivity contribution < 1.29 is 4.74 Å². The number of aromatic nitrogens is 2. The van der Waals surface area contributed by atoms with Gasteiger partial charge < -0.3 is 10.1 Å². The molecule has 1 aromatic carbocycles. The molecule has 0 aliphatic rings. The number of benzene rings is 1. The molecule has 100 valence electrons. The van der Waals surface area contributed by atoms with Crippen LogP contribution in [0.3, 0.4) is 0 Å². The highest BCUT2D eigenvalue weighted by Crippen LogP contribution is 2.23. The maximum absolute atomic E-state index is 5.92. The van der Waals surface area contributed by atoms with Crippen molar-refractivity contribution in [3.63, 3.8) is 0 Å². The number of anilines is 1. The average molecular weight is 343 g/mol. The molecule has 0 atom stereocenters. The van der Waals surface area contributed by atoms with Crippen LogP contribution in [0.25, 0.3) is 0 Å². The van der Waals surface area contributed by atoms with Crippen LogP contribution in [0.15, 0.2) is 34.9 Å². The predicted molar refractivity (Wildman–Crippen MR) is 79.7 cm³/mol. The minimum absolute atomic E-state index is 0.405. The summed E-state index contributed by atoms with van der Waals surface area (Å²) in [5, 5.41) is 3.73. The maximum atomic E-state index is 5.92. The molecule has 0 aliphatic carbocycles. The van der Waals surface area contributed by atoms with E-state index in [2.05, 4.69) is 31.2 Å². The topological polar surface area (TPSA) is 47.0 Å². The minimum Gasteiger partial charge on any atom is -0.472 e. The molecule has 1 heterocycles. The van der Waals surface area contributed by atoms with E-state index in [-0.39, 0.29) is 0 Å². The van der Waals surface area contributed by atoms with Crippen molar-refractivity contribution in [2.45, 2.75) is 13.5 Å². The highest BCUT2D eigenvalue weighted by atomic mass is 79.9. The first-order chi connectivity index (χ1) is 9.19. The third-order valence-electron chi connectivity index (χ3n) is 2.31. The number of rotatable bonds is 5. The lowest BCUT2D eigenvalue weighted by Gasteiger charge is -2.09. The second-order valence-corrected chi connectivity index (χ2v) is 5.09. The summed E-state index contributed by atoms with van der Waals surface area (Å²) in [6, 6.07) is 7.53. The Morgan fingerprint density at radius 1 is 1.42 bits per heavy atom. The van der Waals surface area contributed by atoms with Crippen LogP contribution in [0, 0.1) is 0 Å². The van der Waals surface area contributed by atoms with Crippen molar-refractivity contribution >= 4 is 33.5 Å². The van der Waals surface area contributed by atoms with Crippen LogP contribution in [-0.4, -0.2) is 16.5 Å². The van der Waals surface area contributed by atoms with Gasteiger partial charge in [-0.3, -0.25) is 0 Å². The molecular formula is C13H13BrClN3O. The molecule has 0 aliphatic heterocycles. The van der Waals surface area contributed by atoms with Crippen LogP contribution in [-0.2, 0) is 6.61 Å². The van der Waals surface area contributed by atoms with Crippen LogP contribution < -0.4 is 10.1 Å². The van der Waals surface area contributed by atoms with Crippen molar-refractivity contribution in [1.82, 2.24) is 9.97 Å². The molecule has 0 fully saturated rings. The molecule has 0 spiro atoms. The fourth-order valence-corrected chi connectivity index (χ4v) is 1.99. The third-order valence-corrected chi connectivity index (χ3v) is 3.09. The smallest absolute Gasteiger partial charge is 0.233 e. The molecule has 0 amide bonds. The lowest BCUT2D eigenvalue weighted by Crippen LogP contribution is -2.04. The van der Waals surface area contributed by atoms with Gasteiger partial charge in [0.1, 0.15) is 6.61 Å². The quantitative estimate of drug-likeness (QED) is 0.895. The zero-order valence-electron chi connectivity index (χ0n) is 10.4. The number of nitrogens with one attached hydrogen (secondary N) is 1. The van der Waals surface area contributed by atoms with Gasteiger partial charge in [-0.2, -0.15) is 4.98 Å². The van der Waals surface area contributed by atoms with E-state index in [1.807, 2.05) is 31.2 Å². The van der Waals surface area contributed by atoms with Crippen LogP contribution >= 0.6 is 27.5 Å². The molecule has 6 heteroatoms. The monoisotopic (exact) mass is 341 g/mol. The number of halogens is 2. The van der Waals surface area contributed by atoms with E-state index in [0.29, 0.717) is 23.5 Å². The summed E-state index contributed by atoms with van der Waals surface area (Å²) >= 11 is 9.29. The summed E-state index contributed by atoms with van der Waals surface area (Å²) in [6.07, 6.45) is 1.66. The Kier molecular flexibility index (Phi) is 4.99. The minimum atomic E-state index is 0.405. The Morgan fingerprint density at radius 2 is 2.26 bits per heavy atom. The van der Waals surface area contributed by atoms with Gasteiger partial charge in [0.15, 0.2) is 0 Å². The molecule has 0 saturated heterocycles. The predicted octanol–water partition coefficient (Wildman–Crippen LogP) is 3.90. The first-order valence-electron chi connectivity index (χ1n) is 5.82. The van der Waals surface area contributed by atoms with E-state index in [1.54, 1.807) is 6.20 Å². The van der Waals surface area contributed by atoms with Crippen LogP contribution in [0.4, 0.5) is 5.95 Å². The molecule has 2 aromatic rings. The van der Waals surface area contributed by atoms with Crippen LogP contribution in [0.1, 0.15) is 12.5 Å². The summed E-state index contributed by atoms with van der Waals surface area (Å²) < 4.78 is 6.39. The van der Waals surface area contributed by atoms with Crippen molar-refractivity contribution in [2.75, 3.05) is 11.9 Å². The average Bonchev–Trinajstić information content (AvgIpc) is 2.40. The Hall–Kier alpha value is -1.33. The van der Waals surface area contributed by atoms with Gasteiger partial charge in [-0.15, -0.1) is 0 Å². The van der Waals surface area contributed by atoms with E-state index in [0.717, 1.165) is 16.6 Å². The van der Waals surface area contributed by atoms with Gasteiger partial charge in [0.05, 0.1) is 10.7 Å². The second kappa shape index (κ2) is 6.73. The van der Waals surface area contributed by atoms with Crippen molar-refractivity contribution in [3.05, 3.63) is 45.5 Å². The Labute approximate surface area is 125 Å². The summed E-state index contributed by atoms with van der Waals surface area (Å²) in [7, 11) is 0. The molecule has 1 aromatic heterocycles. The molecular weight excluding hydrogens is 330 g/mol. The normalized spacial score (nSPS) is 10.3. The lowest BCUT2D eigenvalue weighted by atomic mass is 10.2. The summed E-state index contributed by atoms with van der Waals surface area (Å²) in [5.74, 6) is 1.05. The molecule has 4 nitrogen and oxygen atoms in total. The molecule has 0 radical (unpaired) electrons. The highest BCUT2D eigenvalue weighted by Gasteiger charge is 2.06. The molecule has 1 N–H and O–H groups in total. The van der Waals surface area contributed by atoms with E-state index in [1.165, 1.54) is 0 Å². The largest absolute Gasteiger partial charge is 0.472 e. The van der Waals surface area contributed by atoms with Gasteiger partial charge in [-0.05, 0) is 40.5 Å². The summed E-state index contributed by atoms with van der Waals surface area (Å²) in [4.78, 5) is 8.40. The SMILES string of the molecule is CCNc1ncc(Br)c(OCc2cccc(Cl)c2)n1. The zero-order chi connectivity index (χ0) is 13.7. The fourth-order valence-electron chi connectivity index (χ4n) is 1.47. The van der Waals surface area contributed by atoms with E-state index in [9.17, 15) is 0 Å². The van der Waals surface area contributed by atoms with E-state index in [4.69, 9.17) is 16.3 Å². The Bertz CT molecular complexity index is 565. The van der Waals surface area contributed by atoms with Crippen molar-refractivity contribution in [2.24, 2.45) is 0 Å². The molecule has 0 saturated carbocycles. The molecule has 19 heavy (non-hydrogen) atoms. The number of ether oxygens (including phenoxy) is 1. The summed E-state index contributed by atoms with van der Waals surface area (Å²) in [5.41, 5.74) is 0.989. The van der Waals surface area contributed by atoms with Crippen molar-refractivity contribution in [1.29, 1.82) is 0 Å². The molecule has 0 unspecified atom stereocenters. The number of hydrogen-bond donors (Lipinski definition) is 1. The number of hydrogen-bond acceptors (Lipinski definition) is 4. The first-order valence-corrected chi connectivity index (χ1v) is 7.00. The Balaban J connectivity index is 2.08. The summed E-state index contributed by atoms with van der Waals surface area (Å²) in [6.45, 7) is 3.15. The standard InChI is InChI=1S/C13H13BrClN3O/c1-2-16-13-17-7-11(14)12(18-13)19-8-9-4-3-5-10(15)6-9/h3-7H,2,8H2,1H3,(H,16,17,18). The zero-order valence-corrected chi connectivity index (χ0v) is 12.7. The second-order valence-electron chi connectivity index (χ2n) is 3.80. The fraction of sp³-hybridized carbons (Fsp3) is 0.231. The third kappa shape index (κ3) is 4.08. The highest BCUT2D eigenvalue weighted by molar-refractivity contribution is 9.10. The first kappa shape index (κ1) is 14.1. The number of nitrogens with zero attached hydrogens (tertiary/aromatic N) is 2. The van der Waals surface area contributed by atoms with Crippen LogP contribution in [0.5, 0.6) is 5.88 Å². The van der Waals surface area contributed by atoms with Gasteiger partial charge in [0, 0.05) is 11.6 Å². The Morgan fingerprint density at radius 3 is 3.00 bits per heavy atom. The van der Waals surface area contributed by atoms with Gasteiger partial charge in [-0.1, -0.05) is 23.7 Å². The molecule has 2 rings (SSSR count). The van der Waals surface area contributed by atoms with Gasteiger partial charge in [-0.25, -0.2) is 4.98 Å². The van der Waals surface area contributed by atoms with E-state index >= 15 is 0 Å². The van der Waals surface area contributed by atoms with Gasteiger partial charge >= 0.3 is 0 Å². The van der Waals surface area contributed by atoms with E-state index < -0.39 is 0 Å². The maximum Gasteiger partial charge on any atom is 0.233 e. The molecule has 0 bridgehead atoms. The van der Waals surface area contributed by atoms with Gasteiger partial charge in [0.25, 0.3) is 0 Å². The lowest BCUT2D eigenvalue weighted by molar-refractivity contribution is 0.291. The van der Waals surface area contributed by atoms with Crippen LogP contribution in [0.2, 0.25) is 5.02 Å².